The van der Waals surface area contributed by atoms with Crippen LogP contribution in [0.15, 0.2) is 42.5 Å². The molecular formula is C25H36FN3O5Si. The van der Waals surface area contributed by atoms with E-state index >= 15 is 0 Å². The van der Waals surface area contributed by atoms with Crippen LogP contribution in [-0.4, -0.2) is 50.0 Å². The van der Waals surface area contributed by atoms with Gasteiger partial charge in [-0.3, -0.25) is 10.1 Å². The Morgan fingerprint density at radius 2 is 1.80 bits per heavy atom. The number of hydrogen-bond donors (Lipinski definition) is 1. The highest BCUT2D eigenvalue weighted by molar-refractivity contribution is 6.74. The number of nitrogens with zero attached hydrogens (tertiary/aromatic N) is 3. The fourth-order valence-electron chi connectivity index (χ4n) is 3.50. The Labute approximate surface area is 207 Å². The monoisotopic (exact) mass is 505 g/mol. The molecule has 10 heteroatoms. The Morgan fingerprint density at radius 1 is 1.20 bits per heavy atom. The molecule has 192 valence electrons. The number of carbonyl (C=O) groups is 1. The van der Waals surface area contributed by atoms with Gasteiger partial charge in [0, 0.05) is 33.3 Å². The Balaban J connectivity index is 2.60. The fraction of sp³-hybridized carbons (Fsp3) is 0.480. The van der Waals surface area contributed by atoms with Gasteiger partial charge in [-0.1, -0.05) is 51.1 Å². The molecule has 1 N–H and O–H groups in total. The lowest BCUT2D eigenvalue weighted by molar-refractivity contribution is -0.385. The zero-order chi connectivity index (χ0) is 26.6. The smallest absolute Gasteiger partial charge is 0.407 e. The second-order valence-electron chi connectivity index (χ2n) is 10.3. The predicted molar refractivity (Wildman–Crippen MR) is 138 cm³/mol. The van der Waals surface area contributed by atoms with Crippen LogP contribution in [-0.2, 0) is 11.0 Å². The molecule has 35 heavy (non-hydrogen) atoms. The second-order valence-corrected chi connectivity index (χ2v) is 15.1. The number of nitro benzene ring substituents is 1. The van der Waals surface area contributed by atoms with E-state index in [-0.39, 0.29) is 34.9 Å². The molecule has 2 aromatic carbocycles. The zero-order valence-corrected chi connectivity index (χ0v) is 22.5. The van der Waals surface area contributed by atoms with Crippen molar-refractivity contribution >= 4 is 25.8 Å². The molecule has 0 radical (unpaired) electrons. The molecule has 1 unspecified atom stereocenters. The van der Waals surface area contributed by atoms with Crippen LogP contribution in [0.25, 0.3) is 0 Å². The van der Waals surface area contributed by atoms with E-state index in [1.165, 1.54) is 7.05 Å². The van der Waals surface area contributed by atoms with Gasteiger partial charge in [-0.05, 0) is 36.2 Å². The normalized spacial score (nSPS) is 12.8. The fourth-order valence-corrected chi connectivity index (χ4v) is 4.81. The lowest BCUT2D eigenvalue weighted by atomic mass is 10.0. The van der Waals surface area contributed by atoms with Crippen LogP contribution >= 0.6 is 0 Å². The van der Waals surface area contributed by atoms with Crippen LogP contribution in [0.2, 0.25) is 18.1 Å². The summed E-state index contributed by atoms with van der Waals surface area (Å²) >= 11 is 0. The molecule has 0 bridgehead atoms. The molecule has 0 saturated heterocycles. The standard InChI is InChI=1S/C25H36FN3O5Si/c1-25(2,3)35(6,7)34-22(13-14-27(4)24(30)31)20-15-19(26)16-21(23(20)29(32)33)28(5)17-18-11-9-8-10-12-18/h8-12,15-16,22H,13-14,17H2,1-7H3,(H,30,31). The zero-order valence-electron chi connectivity index (χ0n) is 21.5. The summed E-state index contributed by atoms with van der Waals surface area (Å²) in [5.41, 5.74) is 0.955. The summed E-state index contributed by atoms with van der Waals surface area (Å²) in [5.74, 6) is -0.615. The lowest BCUT2D eigenvalue weighted by Crippen LogP contribution is -2.42. The highest BCUT2D eigenvalue weighted by atomic mass is 28.4. The Morgan fingerprint density at radius 3 is 2.31 bits per heavy atom. The first-order valence-electron chi connectivity index (χ1n) is 11.5. The van der Waals surface area contributed by atoms with Crippen molar-refractivity contribution in [2.24, 2.45) is 0 Å². The van der Waals surface area contributed by atoms with Gasteiger partial charge >= 0.3 is 6.09 Å². The Kier molecular flexibility index (Phi) is 9.02. The topological polar surface area (TPSA) is 96.1 Å². The van der Waals surface area contributed by atoms with Crippen molar-refractivity contribution in [3.05, 3.63) is 69.5 Å². The minimum absolute atomic E-state index is 0.0808. The number of halogens is 1. The number of rotatable bonds is 10. The van der Waals surface area contributed by atoms with E-state index < -0.39 is 31.3 Å². The van der Waals surface area contributed by atoms with Crippen LogP contribution in [0.4, 0.5) is 20.6 Å². The summed E-state index contributed by atoms with van der Waals surface area (Å²) in [4.78, 5) is 25.9. The molecule has 2 rings (SSSR count). The van der Waals surface area contributed by atoms with Crippen molar-refractivity contribution in [1.82, 2.24) is 4.90 Å². The van der Waals surface area contributed by atoms with Crippen LogP contribution in [0.1, 0.15) is 44.4 Å². The first-order valence-corrected chi connectivity index (χ1v) is 14.4. The van der Waals surface area contributed by atoms with Gasteiger partial charge in [0.05, 0.1) is 16.6 Å². The molecule has 0 aliphatic rings. The number of benzene rings is 2. The van der Waals surface area contributed by atoms with Gasteiger partial charge in [0.15, 0.2) is 8.32 Å². The summed E-state index contributed by atoms with van der Waals surface area (Å²) in [6.07, 6.45) is -1.81. The summed E-state index contributed by atoms with van der Waals surface area (Å²) in [5, 5.41) is 21.4. The third kappa shape index (κ3) is 7.25. The van der Waals surface area contributed by atoms with Gasteiger partial charge in [0.25, 0.3) is 5.69 Å². The van der Waals surface area contributed by atoms with Crippen molar-refractivity contribution < 1.29 is 23.6 Å². The molecule has 0 aromatic heterocycles. The van der Waals surface area contributed by atoms with Gasteiger partial charge in [-0.25, -0.2) is 9.18 Å². The minimum atomic E-state index is -2.46. The number of nitro groups is 1. The molecule has 1 amide bonds. The molecule has 0 spiro atoms. The van der Waals surface area contributed by atoms with E-state index in [1.807, 2.05) is 64.2 Å². The van der Waals surface area contributed by atoms with Crippen LogP contribution < -0.4 is 4.90 Å². The average Bonchev–Trinajstić information content (AvgIpc) is 2.75. The SMILES string of the molecule is CN(CCC(O[Si](C)(C)C(C)(C)C)c1cc(F)cc(N(C)Cc2ccccc2)c1[N+](=O)[O-])C(=O)O. The highest BCUT2D eigenvalue weighted by Gasteiger charge is 2.41. The third-order valence-corrected chi connectivity index (χ3v) is 11.1. The molecule has 1 atom stereocenters. The van der Waals surface area contributed by atoms with Crippen molar-refractivity contribution in [2.75, 3.05) is 25.5 Å². The Bertz CT molecular complexity index is 1040. The van der Waals surface area contributed by atoms with Crippen molar-refractivity contribution in [3.63, 3.8) is 0 Å². The number of hydrogen-bond acceptors (Lipinski definition) is 5. The summed E-state index contributed by atoms with van der Waals surface area (Å²) in [6, 6.07) is 11.7. The molecule has 2 aromatic rings. The first-order chi connectivity index (χ1) is 16.1. The van der Waals surface area contributed by atoms with E-state index in [9.17, 15) is 24.4 Å². The maximum atomic E-state index is 14.9. The van der Waals surface area contributed by atoms with Crippen LogP contribution in [0.3, 0.4) is 0 Å². The molecule has 0 heterocycles. The average molecular weight is 506 g/mol. The van der Waals surface area contributed by atoms with Crippen LogP contribution in [0.5, 0.6) is 0 Å². The van der Waals surface area contributed by atoms with Crippen molar-refractivity contribution in [3.8, 4) is 0 Å². The number of amides is 1. The first kappa shape index (κ1) is 28.3. The summed E-state index contributed by atoms with van der Waals surface area (Å²) in [7, 11) is 0.647. The summed E-state index contributed by atoms with van der Waals surface area (Å²) in [6.45, 7) is 10.6. The highest BCUT2D eigenvalue weighted by Crippen LogP contribution is 2.44. The van der Waals surface area contributed by atoms with Gasteiger partial charge in [0.1, 0.15) is 11.5 Å². The van der Waals surface area contributed by atoms with Crippen LogP contribution in [0, 0.1) is 15.9 Å². The Hall–Kier alpha value is -2.98. The predicted octanol–water partition coefficient (Wildman–Crippen LogP) is 6.43. The van der Waals surface area contributed by atoms with Gasteiger partial charge in [0.2, 0.25) is 0 Å². The second kappa shape index (κ2) is 11.2. The van der Waals surface area contributed by atoms with Gasteiger partial charge < -0.3 is 19.3 Å². The molecular weight excluding hydrogens is 469 g/mol. The molecule has 8 nitrogen and oxygen atoms in total. The van der Waals surface area contributed by atoms with E-state index in [1.54, 1.807) is 11.9 Å². The number of anilines is 1. The molecule has 0 aliphatic carbocycles. The van der Waals surface area contributed by atoms with Gasteiger partial charge in [-0.15, -0.1) is 0 Å². The maximum absolute atomic E-state index is 14.9. The van der Waals surface area contributed by atoms with Gasteiger partial charge in [-0.2, -0.15) is 0 Å². The quantitative estimate of drug-likeness (QED) is 0.227. The van der Waals surface area contributed by atoms with E-state index in [0.29, 0.717) is 6.54 Å². The minimum Gasteiger partial charge on any atom is -0.465 e. The van der Waals surface area contributed by atoms with E-state index in [4.69, 9.17) is 4.43 Å². The van der Waals surface area contributed by atoms with Crippen molar-refractivity contribution in [1.29, 1.82) is 0 Å². The number of carboxylic acid groups (broad SMARTS) is 1. The van der Waals surface area contributed by atoms with E-state index in [0.717, 1.165) is 22.6 Å². The lowest BCUT2D eigenvalue weighted by Gasteiger charge is -2.39. The molecule has 0 saturated carbocycles. The largest absolute Gasteiger partial charge is 0.465 e. The third-order valence-electron chi connectivity index (χ3n) is 6.58. The maximum Gasteiger partial charge on any atom is 0.407 e. The molecule has 0 fully saturated rings. The summed E-state index contributed by atoms with van der Waals surface area (Å²) < 4.78 is 21.5. The van der Waals surface area contributed by atoms with Crippen molar-refractivity contribution in [2.45, 2.75) is 58.0 Å². The van der Waals surface area contributed by atoms with E-state index in [2.05, 4.69) is 0 Å². The molecule has 0 aliphatic heterocycles.